The average Bonchev–Trinajstić information content (AvgIpc) is 3.03. The van der Waals surface area contributed by atoms with Crippen molar-refractivity contribution >= 4 is 6.03 Å². The van der Waals surface area contributed by atoms with Crippen molar-refractivity contribution < 1.29 is 14.3 Å². The lowest BCUT2D eigenvalue weighted by Crippen LogP contribution is -2.53. The quantitative estimate of drug-likeness (QED) is 0.781. The van der Waals surface area contributed by atoms with Crippen molar-refractivity contribution in [3.63, 3.8) is 0 Å². The zero-order valence-corrected chi connectivity index (χ0v) is 15.3. The Labute approximate surface area is 150 Å². The summed E-state index contributed by atoms with van der Waals surface area (Å²) in [6, 6.07) is 4.02. The van der Waals surface area contributed by atoms with Gasteiger partial charge in [0.15, 0.2) is 0 Å². The zero-order chi connectivity index (χ0) is 17.8. The molecule has 3 N–H and O–H groups in total. The molecular formula is C19H31N3O3. The van der Waals surface area contributed by atoms with Crippen molar-refractivity contribution in [3.05, 3.63) is 23.7 Å². The largest absolute Gasteiger partial charge is 0.464 e. The van der Waals surface area contributed by atoms with E-state index < -0.39 is 0 Å². The van der Waals surface area contributed by atoms with E-state index in [0.717, 1.165) is 56.7 Å². The predicted octanol–water partition coefficient (Wildman–Crippen LogP) is 2.72. The summed E-state index contributed by atoms with van der Waals surface area (Å²) in [4.78, 5) is 14.6. The van der Waals surface area contributed by atoms with Crippen molar-refractivity contribution in [3.8, 4) is 0 Å². The number of nitrogens with one attached hydrogen (secondary N) is 2. The maximum absolute atomic E-state index is 12.2. The third kappa shape index (κ3) is 4.76. The fourth-order valence-electron chi connectivity index (χ4n) is 4.07. The van der Waals surface area contributed by atoms with Crippen LogP contribution in [0.15, 0.2) is 16.5 Å². The molecule has 1 aromatic heterocycles. The van der Waals surface area contributed by atoms with E-state index in [1.807, 2.05) is 26.0 Å². The van der Waals surface area contributed by atoms with E-state index >= 15 is 0 Å². The van der Waals surface area contributed by atoms with Crippen LogP contribution in [0.4, 0.5) is 4.79 Å². The third-order valence-electron chi connectivity index (χ3n) is 5.56. The van der Waals surface area contributed by atoms with E-state index in [1.165, 1.54) is 6.42 Å². The number of amides is 2. The Balaban J connectivity index is 1.41. The normalized spacial score (nSPS) is 27.0. The summed E-state index contributed by atoms with van der Waals surface area (Å²) in [6.45, 7) is 5.71. The molecule has 2 aliphatic rings. The van der Waals surface area contributed by atoms with Crippen molar-refractivity contribution in [1.82, 2.24) is 15.5 Å². The van der Waals surface area contributed by atoms with E-state index in [2.05, 4.69) is 15.5 Å². The van der Waals surface area contributed by atoms with E-state index in [1.54, 1.807) is 0 Å². The van der Waals surface area contributed by atoms with Crippen LogP contribution in [0.25, 0.3) is 0 Å². The lowest BCUT2D eigenvalue weighted by Gasteiger charge is -2.41. The molecule has 25 heavy (non-hydrogen) atoms. The number of likely N-dealkylation sites (tertiary alicyclic amines) is 1. The van der Waals surface area contributed by atoms with Gasteiger partial charge in [-0.2, -0.15) is 0 Å². The minimum Gasteiger partial charge on any atom is -0.464 e. The van der Waals surface area contributed by atoms with Crippen molar-refractivity contribution in [2.75, 3.05) is 13.1 Å². The van der Waals surface area contributed by atoms with Crippen LogP contribution in [0.5, 0.6) is 0 Å². The first-order chi connectivity index (χ1) is 12.0. The Morgan fingerprint density at radius 3 is 2.60 bits per heavy atom. The fraction of sp³-hybridized carbons (Fsp3) is 0.737. The van der Waals surface area contributed by atoms with Gasteiger partial charge < -0.3 is 20.2 Å². The first-order valence-corrected chi connectivity index (χ1v) is 9.58. The molecule has 3 atom stereocenters. The van der Waals surface area contributed by atoms with Gasteiger partial charge in [-0.15, -0.1) is 0 Å². The summed E-state index contributed by atoms with van der Waals surface area (Å²) < 4.78 is 5.55. The molecule has 1 aliphatic carbocycles. The Morgan fingerprint density at radius 1 is 1.24 bits per heavy atom. The minimum atomic E-state index is -0.181. The van der Waals surface area contributed by atoms with Gasteiger partial charge in [-0.1, -0.05) is 12.8 Å². The number of hydrogen-bond acceptors (Lipinski definition) is 4. The third-order valence-corrected chi connectivity index (χ3v) is 5.56. The van der Waals surface area contributed by atoms with Crippen LogP contribution in [0.1, 0.15) is 63.0 Å². The van der Waals surface area contributed by atoms with Crippen molar-refractivity contribution in [1.29, 1.82) is 0 Å². The summed E-state index contributed by atoms with van der Waals surface area (Å²) in [6.07, 6.45) is 6.07. The van der Waals surface area contributed by atoms with Gasteiger partial charge in [0.25, 0.3) is 0 Å². The Hall–Kier alpha value is -1.53. The highest BCUT2D eigenvalue weighted by atomic mass is 16.3. The fourth-order valence-corrected chi connectivity index (χ4v) is 4.07. The highest BCUT2D eigenvalue weighted by molar-refractivity contribution is 5.74. The molecule has 0 spiro atoms. The van der Waals surface area contributed by atoms with E-state index in [-0.39, 0.29) is 24.2 Å². The highest BCUT2D eigenvalue weighted by Gasteiger charge is 2.31. The summed E-state index contributed by atoms with van der Waals surface area (Å²) in [7, 11) is 0. The number of aryl methyl sites for hydroxylation is 1. The molecule has 2 fully saturated rings. The zero-order valence-electron chi connectivity index (χ0n) is 15.3. The molecule has 0 aromatic carbocycles. The monoisotopic (exact) mass is 349 g/mol. The molecule has 1 saturated carbocycles. The number of nitrogens with zero attached hydrogens (tertiary/aromatic N) is 1. The van der Waals surface area contributed by atoms with Gasteiger partial charge in [-0.05, 0) is 51.7 Å². The van der Waals surface area contributed by atoms with E-state index in [9.17, 15) is 9.90 Å². The number of furan rings is 1. The minimum absolute atomic E-state index is 0.141. The number of piperidine rings is 1. The number of carbonyl (C=O) groups is 1. The van der Waals surface area contributed by atoms with Crippen molar-refractivity contribution in [2.45, 2.75) is 76.6 Å². The van der Waals surface area contributed by atoms with Gasteiger partial charge in [0.2, 0.25) is 0 Å². The van der Waals surface area contributed by atoms with E-state index in [4.69, 9.17) is 4.42 Å². The Bertz CT molecular complexity index is 566. The van der Waals surface area contributed by atoms with Gasteiger partial charge in [0.1, 0.15) is 11.5 Å². The summed E-state index contributed by atoms with van der Waals surface area (Å²) in [5.74, 6) is 1.62. The molecule has 140 valence electrons. The summed E-state index contributed by atoms with van der Waals surface area (Å²) >= 11 is 0. The van der Waals surface area contributed by atoms with E-state index in [0.29, 0.717) is 6.04 Å². The van der Waals surface area contributed by atoms with Crippen LogP contribution < -0.4 is 10.6 Å². The second-order valence-electron chi connectivity index (χ2n) is 7.52. The molecule has 6 nitrogen and oxygen atoms in total. The predicted molar refractivity (Wildman–Crippen MR) is 96.4 cm³/mol. The number of aliphatic hydroxyl groups is 1. The average molecular weight is 349 g/mol. The van der Waals surface area contributed by atoms with Crippen LogP contribution >= 0.6 is 0 Å². The van der Waals surface area contributed by atoms with Crippen LogP contribution in [-0.2, 0) is 0 Å². The lowest BCUT2D eigenvalue weighted by atomic mass is 9.89. The van der Waals surface area contributed by atoms with Gasteiger partial charge in [-0.3, -0.25) is 4.90 Å². The number of rotatable bonds is 4. The second kappa shape index (κ2) is 8.23. The molecule has 0 radical (unpaired) electrons. The Kier molecular flexibility index (Phi) is 6.02. The summed E-state index contributed by atoms with van der Waals surface area (Å²) in [5.41, 5.74) is 0. The maximum Gasteiger partial charge on any atom is 0.315 e. The maximum atomic E-state index is 12.2. The first-order valence-electron chi connectivity index (χ1n) is 9.58. The molecule has 3 unspecified atom stereocenters. The Morgan fingerprint density at radius 2 is 1.96 bits per heavy atom. The topological polar surface area (TPSA) is 77.7 Å². The number of urea groups is 1. The van der Waals surface area contributed by atoms with Gasteiger partial charge in [0, 0.05) is 25.2 Å². The molecule has 0 bridgehead atoms. The summed E-state index contributed by atoms with van der Waals surface area (Å²) in [5, 5.41) is 16.2. The standard InChI is InChI=1S/C19H31N3O3/c1-13-7-8-18(25-13)14(2)20-19(24)21-15-9-11-22(12-10-15)16-5-3-4-6-17(16)23/h7-8,14-17,23H,3-6,9-12H2,1-2H3,(H2,20,21,24). The molecule has 1 saturated heterocycles. The number of hydrogen-bond donors (Lipinski definition) is 3. The van der Waals surface area contributed by atoms with Gasteiger partial charge in [-0.25, -0.2) is 4.79 Å². The molecule has 2 heterocycles. The van der Waals surface area contributed by atoms with Crippen LogP contribution in [0, 0.1) is 6.92 Å². The van der Waals surface area contributed by atoms with Gasteiger partial charge in [0.05, 0.1) is 12.1 Å². The van der Waals surface area contributed by atoms with Crippen LogP contribution in [-0.4, -0.2) is 47.3 Å². The highest BCUT2D eigenvalue weighted by Crippen LogP contribution is 2.26. The molecule has 2 amide bonds. The SMILES string of the molecule is Cc1ccc(C(C)NC(=O)NC2CCN(C3CCCCC3O)CC2)o1. The molecule has 6 heteroatoms. The molecular weight excluding hydrogens is 318 g/mol. The van der Waals surface area contributed by atoms with Crippen LogP contribution in [0.3, 0.4) is 0 Å². The molecule has 1 aromatic rings. The number of carbonyl (C=O) groups excluding carboxylic acids is 1. The smallest absolute Gasteiger partial charge is 0.315 e. The van der Waals surface area contributed by atoms with Gasteiger partial charge >= 0.3 is 6.03 Å². The molecule has 3 rings (SSSR count). The van der Waals surface area contributed by atoms with Crippen molar-refractivity contribution in [2.24, 2.45) is 0 Å². The lowest BCUT2D eigenvalue weighted by molar-refractivity contribution is 0.00775. The number of aliphatic hydroxyl groups excluding tert-OH is 1. The second-order valence-corrected chi connectivity index (χ2v) is 7.52. The van der Waals surface area contributed by atoms with Crippen LogP contribution in [0.2, 0.25) is 0 Å². The molecule has 1 aliphatic heterocycles. The first kappa shape index (κ1) is 18.3.